The number of hydrogen-bond donors (Lipinski definition) is 1. The van der Waals surface area contributed by atoms with Crippen LogP contribution in [0.15, 0.2) is 18.2 Å². The number of carbonyl (C=O) groups is 1. The van der Waals surface area contributed by atoms with Crippen LogP contribution in [0.1, 0.15) is 5.56 Å². The van der Waals surface area contributed by atoms with Crippen molar-refractivity contribution in [1.82, 2.24) is 0 Å². The second kappa shape index (κ2) is 4.57. The van der Waals surface area contributed by atoms with Gasteiger partial charge in [-0.05, 0) is 11.6 Å². The van der Waals surface area contributed by atoms with Gasteiger partial charge in [-0.3, -0.25) is 0 Å². The highest BCUT2D eigenvalue weighted by atomic mass is 19.3. The minimum Gasteiger partial charge on any atom is -0.488 e. The van der Waals surface area contributed by atoms with Crippen LogP contribution in [0.3, 0.4) is 0 Å². The van der Waals surface area contributed by atoms with Crippen LogP contribution in [0, 0.1) is 0 Å². The Bertz CT molecular complexity index is 433. The van der Waals surface area contributed by atoms with Crippen molar-refractivity contribution in [2.75, 3.05) is 6.61 Å². The fourth-order valence-corrected chi connectivity index (χ4v) is 1.59. The minimum absolute atomic E-state index is 0.245. The predicted octanol–water partition coefficient (Wildman–Crippen LogP) is 1.72. The monoisotopic (exact) mass is 244 g/mol. The maximum Gasteiger partial charge on any atom is 0.345 e. The van der Waals surface area contributed by atoms with Gasteiger partial charge in [0.1, 0.15) is 18.1 Å². The third-order valence-corrected chi connectivity index (χ3v) is 2.36. The normalized spacial score (nSPS) is 17.7. The molecule has 1 N–H and O–H groups in total. The SMILES string of the molecule is O=C(O)C1Cc2ccc(OCC(F)F)cc2O1. The summed E-state index contributed by atoms with van der Waals surface area (Å²) in [7, 11) is 0. The minimum atomic E-state index is -2.55. The third kappa shape index (κ3) is 2.64. The van der Waals surface area contributed by atoms with Crippen molar-refractivity contribution < 1.29 is 28.2 Å². The molecule has 1 aromatic carbocycles. The van der Waals surface area contributed by atoms with Gasteiger partial charge in [-0.25, -0.2) is 13.6 Å². The van der Waals surface area contributed by atoms with Crippen LogP contribution in [-0.4, -0.2) is 30.2 Å². The summed E-state index contributed by atoms with van der Waals surface area (Å²) >= 11 is 0. The van der Waals surface area contributed by atoms with Crippen molar-refractivity contribution in [3.63, 3.8) is 0 Å². The zero-order valence-electron chi connectivity index (χ0n) is 8.73. The first kappa shape index (κ1) is 11.6. The van der Waals surface area contributed by atoms with Gasteiger partial charge in [0.25, 0.3) is 6.43 Å². The fourth-order valence-electron chi connectivity index (χ4n) is 1.59. The first-order valence-corrected chi connectivity index (χ1v) is 4.99. The van der Waals surface area contributed by atoms with E-state index in [4.69, 9.17) is 14.6 Å². The molecule has 0 amide bonds. The summed E-state index contributed by atoms with van der Waals surface area (Å²) in [5.74, 6) is -0.421. The van der Waals surface area contributed by atoms with E-state index in [9.17, 15) is 13.6 Å². The van der Waals surface area contributed by atoms with Gasteiger partial charge in [-0.1, -0.05) is 6.07 Å². The number of fused-ring (bicyclic) bond motifs is 1. The van der Waals surface area contributed by atoms with Gasteiger partial charge in [-0.15, -0.1) is 0 Å². The lowest BCUT2D eigenvalue weighted by Gasteiger charge is -2.07. The number of alkyl halides is 2. The molecule has 6 heteroatoms. The maximum absolute atomic E-state index is 11.9. The summed E-state index contributed by atoms with van der Waals surface area (Å²) in [6.45, 7) is -0.693. The zero-order valence-corrected chi connectivity index (χ0v) is 8.73. The quantitative estimate of drug-likeness (QED) is 0.876. The standard InChI is InChI=1S/C11H10F2O4/c12-10(13)5-16-7-2-1-6-3-9(11(14)15)17-8(6)4-7/h1-2,4,9-10H,3,5H2,(H,14,15). The number of halogens is 2. The number of hydrogen-bond acceptors (Lipinski definition) is 3. The molecular weight excluding hydrogens is 234 g/mol. The van der Waals surface area contributed by atoms with Crippen LogP contribution in [-0.2, 0) is 11.2 Å². The lowest BCUT2D eigenvalue weighted by molar-refractivity contribution is -0.144. The summed E-state index contributed by atoms with van der Waals surface area (Å²) in [5.41, 5.74) is 0.738. The van der Waals surface area contributed by atoms with E-state index in [0.29, 0.717) is 5.75 Å². The Kier molecular flexibility index (Phi) is 3.12. The van der Waals surface area contributed by atoms with E-state index in [1.165, 1.54) is 12.1 Å². The average Bonchev–Trinajstić information content (AvgIpc) is 2.69. The Labute approximate surface area is 95.8 Å². The molecule has 0 aliphatic carbocycles. The van der Waals surface area contributed by atoms with Gasteiger partial charge < -0.3 is 14.6 Å². The average molecular weight is 244 g/mol. The largest absolute Gasteiger partial charge is 0.488 e. The van der Waals surface area contributed by atoms with Crippen molar-refractivity contribution in [2.24, 2.45) is 0 Å². The lowest BCUT2D eigenvalue weighted by Crippen LogP contribution is -2.24. The van der Waals surface area contributed by atoms with E-state index in [2.05, 4.69) is 0 Å². The van der Waals surface area contributed by atoms with Gasteiger partial charge in [0.15, 0.2) is 6.10 Å². The highest BCUT2D eigenvalue weighted by Gasteiger charge is 2.28. The summed E-state index contributed by atoms with van der Waals surface area (Å²) in [4.78, 5) is 10.7. The molecule has 1 aliphatic heterocycles. The molecule has 2 rings (SSSR count). The number of benzene rings is 1. The number of rotatable bonds is 4. The van der Waals surface area contributed by atoms with Crippen LogP contribution in [0.4, 0.5) is 8.78 Å². The van der Waals surface area contributed by atoms with Gasteiger partial charge >= 0.3 is 5.97 Å². The Morgan fingerprint density at radius 1 is 1.59 bits per heavy atom. The third-order valence-electron chi connectivity index (χ3n) is 2.36. The molecule has 1 unspecified atom stereocenters. The van der Waals surface area contributed by atoms with E-state index in [1.807, 2.05) is 0 Å². The number of carboxylic acids is 1. The van der Waals surface area contributed by atoms with E-state index in [1.54, 1.807) is 6.07 Å². The number of ether oxygens (including phenoxy) is 2. The molecule has 1 atom stereocenters. The van der Waals surface area contributed by atoms with Crippen LogP contribution >= 0.6 is 0 Å². The maximum atomic E-state index is 11.9. The van der Waals surface area contributed by atoms with E-state index < -0.39 is 25.1 Å². The Morgan fingerprint density at radius 3 is 3.00 bits per heavy atom. The van der Waals surface area contributed by atoms with Crippen molar-refractivity contribution in [2.45, 2.75) is 19.0 Å². The fraction of sp³-hybridized carbons (Fsp3) is 0.364. The van der Waals surface area contributed by atoms with E-state index >= 15 is 0 Å². The molecule has 0 saturated heterocycles. The summed E-state index contributed by atoms with van der Waals surface area (Å²) in [6.07, 6.45) is -3.17. The molecule has 0 bridgehead atoms. The van der Waals surface area contributed by atoms with Crippen molar-refractivity contribution in [3.05, 3.63) is 23.8 Å². The van der Waals surface area contributed by atoms with Gasteiger partial charge in [0, 0.05) is 12.5 Å². The first-order valence-electron chi connectivity index (χ1n) is 4.99. The molecule has 0 spiro atoms. The zero-order chi connectivity index (χ0) is 12.4. The molecule has 17 heavy (non-hydrogen) atoms. The molecule has 92 valence electrons. The van der Waals surface area contributed by atoms with Crippen molar-refractivity contribution >= 4 is 5.97 Å². The molecule has 0 fully saturated rings. The van der Waals surface area contributed by atoms with Crippen LogP contribution in [0.25, 0.3) is 0 Å². The summed E-state index contributed by atoms with van der Waals surface area (Å²) < 4.78 is 33.8. The highest BCUT2D eigenvalue weighted by Crippen LogP contribution is 2.32. The van der Waals surface area contributed by atoms with Gasteiger partial charge in [0.05, 0.1) is 0 Å². The first-order chi connectivity index (χ1) is 8.06. The molecule has 0 aromatic heterocycles. The lowest BCUT2D eigenvalue weighted by atomic mass is 10.1. The molecule has 1 heterocycles. The Hall–Kier alpha value is -1.85. The highest BCUT2D eigenvalue weighted by molar-refractivity contribution is 5.74. The molecule has 1 aromatic rings. The van der Waals surface area contributed by atoms with E-state index in [0.717, 1.165) is 5.56 Å². The molecule has 1 aliphatic rings. The summed E-state index contributed by atoms with van der Waals surface area (Å²) in [5, 5.41) is 8.78. The molecule has 0 saturated carbocycles. The van der Waals surface area contributed by atoms with Crippen molar-refractivity contribution in [3.8, 4) is 11.5 Å². The van der Waals surface area contributed by atoms with Crippen LogP contribution in [0.5, 0.6) is 11.5 Å². The summed E-state index contributed by atoms with van der Waals surface area (Å²) in [6, 6.07) is 4.58. The van der Waals surface area contributed by atoms with Gasteiger partial charge in [0.2, 0.25) is 0 Å². The van der Waals surface area contributed by atoms with Gasteiger partial charge in [-0.2, -0.15) is 0 Å². The Balaban J connectivity index is 2.07. The smallest absolute Gasteiger partial charge is 0.345 e. The van der Waals surface area contributed by atoms with E-state index in [-0.39, 0.29) is 12.2 Å². The van der Waals surface area contributed by atoms with Crippen LogP contribution in [0.2, 0.25) is 0 Å². The topological polar surface area (TPSA) is 55.8 Å². The van der Waals surface area contributed by atoms with Crippen molar-refractivity contribution in [1.29, 1.82) is 0 Å². The Morgan fingerprint density at radius 2 is 2.35 bits per heavy atom. The predicted molar refractivity (Wildman–Crippen MR) is 53.7 cm³/mol. The number of carboxylic acid groups (broad SMARTS) is 1. The second-order valence-corrected chi connectivity index (χ2v) is 3.62. The second-order valence-electron chi connectivity index (χ2n) is 3.62. The molecule has 4 nitrogen and oxygen atoms in total. The van der Waals surface area contributed by atoms with Crippen LogP contribution < -0.4 is 9.47 Å². The molecule has 0 radical (unpaired) electrons. The molecular formula is C11H10F2O4. The number of aliphatic carboxylic acids is 1.